The summed E-state index contributed by atoms with van der Waals surface area (Å²) < 4.78 is 49.5. The number of carbonyl (C=O) groups excluding carboxylic acids is 2. The fourth-order valence-corrected chi connectivity index (χ4v) is 4.33. The Kier molecular flexibility index (Phi) is 5.30. The number of fused-ring (bicyclic) bond motifs is 1. The van der Waals surface area contributed by atoms with Gasteiger partial charge in [0.05, 0.1) is 11.5 Å². The number of carbonyl (C=O) groups is 2. The zero-order valence-corrected chi connectivity index (χ0v) is 17.7. The molecular weight excluding hydrogens is 439 g/mol. The number of amides is 2. The molecule has 2 saturated heterocycles. The number of anilines is 1. The van der Waals surface area contributed by atoms with Gasteiger partial charge in [0.1, 0.15) is 0 Å². The topological polar surface area (TPSA) is 62.3 Å². The molecule has 0 unspecified atom stereocenters. The Balaban J connectivity index is 1.13. The normalized spacial score (nSPS) is 18.3. The molecule has 0 radical (unpaired) electrons. The van der Waals surface area contributed by atoms with E-state index in [4.69, 9.17) is 9.47 Å². The Morgan fingerprint density at radius 1 is 0.879 bits per heavy atom. The summed E-state index contributed by atoms with van der Waals surface area (Å²) in [6.45, 7) is 2.61. The Bertz CT molecular complexity index is 1080. The molecule has 0 spiro atoms. The van der Waals surface area contributed by atoms with Gasteiger partial charge in [-0.25, -0.2) is 0 Å². The van der Waals surface area contributed by atoms with Crippen molar-refractivity contribution in [2.75, 3.05) is 51.0 Å². The summed E-state index contributed by atoms with van der Waals surface area (Å²) in [5.41, 5.74) is 0.307. The van der Waals surface area contributed by atoms with E-state index in [1.54, 1.807) is 34.1 Å². The summed E-state index contributed by atoms with van der Waals surface area (Å²) in [7, 11) is 0. The lowest BCUT2D eigenvalue weighted by Crippen LogP contribution is -2.59. The van der Waals surface area contributed by atoms with Gasteiger partial charge in [0.2, 0.25) is 12.7 Å². The van der Waals surface area contributed by atoms with Crippen LogP contribution in [0, 0.1) is 5.92 Å². The minimum absolute atomic E-state index is 0.0200. The molecule has 2 fully saturated rings. The van der Waals surface area contributed by atoms with Crippen LogP contribution in [0.4, 0.5) is 18.9 Å². The Labute approximate surface area is 188 Å². The number of piperazine rings is 1. The van der Waals surface area contributed by atoms with E-state index in [0.29, 0.717) is 62.0 Å². The molecule has 33 heavy (non-hydrogen) atoms. The molecule has 7 nitrogen and oxygen atoms in total. The first-order chi connectivity index (χ1) is 15.8. The van der Waals surface area contributed by atoms with Crippen molar-refractivity contribution in [1.82, 2.24) is 9.80 Å². The van der Waals surface area contributed by atoms with E-state index in [2.05, 4.69) is 0 Å². The van der Waals surface area contributed by atoms with E-state index in [0.717, 1.165) is 12.1 Å². The molecule has 0 saturated carbocycles. The highest BCUT2D eigenvalue weighted by Crippen LogP contribution is 2.34. The molecule has 174 valence electrons. The molecule has 0 N–H and O–H groups in total. The first kappa shape index (κ1) is 21.4. The second kappa shape index (κ2) is 8.17. The zero-order chi connectivity index (χ0) is 23.2. The molecule has 3 aliphatic rings. The van der Waals surface area contributed by atoms with Gasteiger partial charge in [0.25, 0.3) is 5.91 Å². The van der Waals surface area contributed by atoms with Crippen molar-refractivity contribution in [3.63, 3.8) is 0 Å². The van der Waals surface area contributed by atoms with Crippen LogP contribution in [0.25, 0.3) is 0 Å². The van der Waals surface area contributed by atoms with E-state index in [9.17, 15) is 22.8 Å². The van der Waals surface area contributed by atoms with E-state index in [1.807, 2.05) is 4.90 Å². The number of rotatable bonds is 3. The summed E-state index contributed by atoms with van der Waals surface area (Å²) in [5, 5.41) is 0. The van der Waals surface area contributed by atoms with Gasteiger partial charge < -0.3 is 24.2 Å². The van der Waals surface area contributed by atoms with E-state index in [-0.39, 0.29) is 24.5 Å². The Morgan fingerprint density at radius 2 is 1.61 bits per heavy atom. The number of halogens is 3. The van der Waals surface area contributed by atoms with E-state index < -0.39 is 11.7 Å². The predicted octanol–water partition coefficient (Wildman–Crippen LogP) is 2.85. The number of benzene rings is 2. The zero-order valence-electron chi connectivity index (χ0n) is 17.7. The van der Waals surface area contributed by atoms with Gasteiger partial charge in [0, 0.05) is 50.5 Å². The smallest absolute Gasteiger partial charge is 0.416 e. The maximum atomic E-state index is 13.0. The highest BCUT2D eigenvalue weighted by atomic mass is 19.4. The van der Waals surface area contributed by atoms with Gasteiger partial charge in [-0.15, -0.1) is 0 Å². The summed E-state index contributed by atoms with van der Waals surface area (Å²) >= 11 is 0. The molecular formula is C23H22F3N3O4. The lowest BCUT2D eigenvalue weighted by molar-refractivity contribution is -0.140. The predicted molar refractivity (Wildman–Crippen MR) is 112 cm³/mol. The monoisotopic (exact) mass is 461 g/mol. The van der Waals surface area contributed by atoms with Crippen molar-refractivity contribution in [2.24, 2.45) is 5.92 Å². The van der Waals surface area contributed by atoms with Crippen molar-refractivity contribution >= 4 is 17.5 Å². The van der Waals surface area contributed by atoms with E-state index in [1.165, 1.54) is 6.07 Å². The maximum absolute atomic E-state index is 13.0. The van der Waals surface area contributed by atoms with Crippen LogP contribution in [-0.2, 0) is 11.0 Å². The van der Waals surface area contributed by atoms with Crippen molar-refractivity contribution in [2.45, 2.75) is 6.18 Å². The number of ether oxygens (including phenoxy) is 2. The number of nitrogens with zero attached hydrogens (tertiary/aromatic N) is 3. The molecule has 0 aliphatic carbocycles. The summed E-state index contributed by atoms with van der Waals surface area (Å²) in [5.74, 6) is 0.698. The van der Waals surface area contributed by atoms with Crippen molar-refractivity contribution in [3.05, 3.63) is 53.6 Å². The molecule has 2 aromatic carbocycles. The molecule has 2 aromatic rings. The number of alkyl halides is 3. The second-order valence-corrected chi connectivity index (χ2v) is 8.34. The van der Waals surface area contributed by atoms with Crippen LogP contribution >= 0.6 is 0 Å². The number of hydrogen-bond donors (Lipinski definition) is 0. The second-order valence-electron chi connectivity index (χ2n) is 8.34. The molecule has 0 atom stereocenters. The molecule has 5 rings (SSSR count). The third kappa shape index (κ3) is 4.17. The SMILES string of the molecule is O=C(c1ccc2c(c1)OCO2)N1CC(C(=O)N2CCN(c3cccc(C(F)(F)F)c3)CC2)C1. The van der Waals surface area contributed by atoms with Gasteiger partial charge in [-0.1, -0.05) is 6.07 Å². The first-order valence-corrected chi connectivity index (χ1v) is 10.7. The van der Waals surface area contributed by atoms with Crippen LogP contribution in [0.3, 0.4) is 0 Å². The van der Waals surface area contributed by atoms with Crippen LogP contribution in [-0.4, -0.2) is 67.7 Å². The Morgan fingerprint density at radius 3 is 2.33 bits per heavy atom. The molecule has 0 bridgehead atoms. The van der Waals surface area contributed by atoms with Crippen molar-refractivity contribution < 1.29 is 32.2 Å². The molecule has 10 heteroatoms. The summed E-state index contributed by atoms with van der Waals surface area (Å²) in [6, 6.07) is 10.3. The van der Waals surface area contributed by atoms with E-state index >= 15 is 0 Å². The quantitative estimate of drug-likeness (QED) is 0.704. The highest BCUT2D eigenvalue weighted by molar-refractivity contribution is 5.96. The molecule has 0 aromatic heterocycles. The number of likely N-dealkylation sites (tertiary alicyclic amines) is 1. The highest BCUT2D eigenvalue weighted by Gasteiger charge is 2.39. The molecule has 2 amide bonds. The van der Waals surface area contributed by atoms with Crippen molar-refractivity contribution in [3.8, 4) is 11.5 Å². The molecule has 3 aliphatic heterocycles. The van der Waals surface area contributed by atoms with Gasteiger partial charge >= 0.3 is 6.18 Å². The van der Waals surface area contributed by atoms with Gasteiger partial charge in [0.15, 0.2) is 11.5 Å². The van der Waals surface area contributed by atoms with Crippen molar-refractivity contribution in [1.29, 1.82) is 0 Å². The molecule has 3 heterocycles. The minimum atomic E-state index is -4.39. The van der Waals surface area contributed by atoms with Crippen LogP contribution < -0.4 is 14.4 Å². The Hall–Kier alpha value is -3.43. The lowest BCUT2D eigenvalue weighted by atomic mass is 9.96. The fourth-order valence-electron chi connectivity index (χ4n) is 4.33. The van der Waals surface area contributed by atoms with Crippen LogP contribution in [0.5, 0.6) is 11.5 Å². The minimum Gasteiger partial charge on any atom is -0.454 e. The average Bonchev–Trinajstić information content (AvgIpc) is 3.25. The average molecular weight is 461 g/mol. The van der Waals surface area contributed by atoms with Crippen LogP contribution in [0.2, 0.25) is 0 Å². The van der Waals surface area contributed by atoms with Gasteiger partial charge in [-0.3, -0.25) is 9.59 Å². The van der Waals surface area contributed by atoms with Crippen LogP contribution in [0.1, 0.15) is 15.9 Å². The standard InChI is InChI=1S/C23H22F3N3O4/c24-23(25,26)17-2-1-3-18(11-17)27-6-8-28(9-7-27)22(31)16-12-29(13-16)21(30)15-4-5-19-20(10-15)33-14-32-19/h1-5,10-11,16H,6-9,12-14H2. The third-order valence-corrected chi connectivity index (χ3v) is 6.27. The lowest BCUT2D eigenvalue weighted by Gasteiger charge is -2.43. The maximum Gasteiger partial charge on any atom is 0.416 e. The largest absolute Gasteiger partial charge is 0.454 e. The van der Waals surface area contributed by atoms with Crippen LogP contribution in [0.15, 0.2) is 42.5 Å². The third-order valence-electron chi connectivity index (χ3n) is 6.27. The first-order valence-electron chi connectivity index (χ1n) is 10.7. The summed E-state index contributed by atoms with van der Waals surface area (Å²) in [6.07, 6.45) is -4.39. The fraction of sp³-hybridized carbons (Fsp3) is 0.391. The summed E-state index contributed by atoms with van der Waals surface area (Å²) in [4.78, 5) is 30.8. The van der Waals surface area contributed by atoms with Gasteiger partial charge in [-0.2, -0.15) is 13.2 Å². The number of hydrogen-bond acceptors (Lipinski definition) is 5. The van der Waals surface area contributed by atoms with Gasteiger partial charge in [-0.05, 0) is 36.4 Å².